The second kappa shape index (κ2) is 22.4. The van der Waals surface area contributed by atoms with E-state index in [-0.39, 0.29) is 11.8 Å². The van der Waals surface area contributed by atoms with Crippen LogP contribution in [-0.2, 0) is 9.47 Å². The molecule has 0 aliphatic carbocycles. The van der Waals surface area contributed by atoms with Crippen molar-refractivity contribution in [2.45, 2.75) is 85.5 Å². The van der Waals surface area contributed by atoms with Crippen molar-refractivity contribution in [3.63, 3.8) is 0 Å². The number of thiophene rings is 2. The van der Waals surface area contributed by atoms with Crippen LogP contribution in [0.25, 0.3) is 5.57 Å². The number of nitrogens with one attached hydrogen (secondary N) is 1. The van der Waals surface area contributed by atoms with Crippen molar-refractivity contribution in [2.75, 3.05) is 57.5 Å². The molecule has 0 fully saturated rings. The molecule has 5 heterocycles. The Morgan fingerprint density at radius 3 is 2.46 bits per heavy atom. The highest BCUT2D eigenvalue weighted by molar-refractivity contribution is 7.15. The van der Waals surface area contributed by atoms with Crippen LogP contribution in [0.1, 0.15) is 94.6 Å². The topological polar surface area (TPSA) is 114 Å². The van der Waals surface area contributed by atoms with Crippen LogP contribution in [0.5, 0.6) is 11.5 Å². The van der Waals surface area contributed by atoms with Gasteiger partial charge in [-0.2, -0.15) is 0 Å². The molecule has 0 saturated heterocycles. The lowest BCUT2D eigenvalue weighted by Gasteiger charge is -2.27. The number of rotatable bonds is 9. The number of hydrogen-bond acceptors (Lipinski definition) is 13. The summed E-state index contributed by atoms with van der Waals surface area (Å²) in [5.41, 5.74) is 9.91. The molecule has 2 atom stereocenters. The minimum atomic E-state index is 0.137. The van der Waals surface area contributed by atoms with Crippen LogP contribution in [-0.4, -0.2) is 53.2 Å². The molecule has 63 heavy (non-hydrogen) atoms. The molecule has 2 aromatic heterocycles. The van der Waals surface area contributed by atoms with Crippen molar-refractivity contribution in [3.05, 3.63) is 111 Å². The zero-order valence-electron chi connectivity index (χ0n) is 37.8. The number of allylic oxidation sites excluding steroid dienone is 4. The van der Waals surface area contributed by atoms with E-state index < -0.39 is 0 Å². The number of fused-ring (bicyclic) bond motifs is 6. The van der Waals surface area contributed by atoms with Gasteiger partial charge in [0.2, 0.25) is 0 Å². The van der Waals surface area contributed by atoms with Crippen LogP contribution < -0.4 is 19.7 Å². The Hall–Kier alpha value is -5.21. The zero-order valence-corrected chi connectivity index (χ0v) is 39.4. The molecule has 0 amide bonds. The first-order valence-electron chi connectivity index (χ1n) is 22.2. The monoisotopic (exact) mass is 887 g/mol. The maximum Gasteiger partial charge on any atom is 0.144 e. The molecule has 0 spiro atoms. The first kappa shape index (κ1) is 45.8. The third kappa shape index (κ3) is 11.7. The van der Waals surface area contributed by atoms with E-state index in [0.29, 0.717) is 38.7 Å². The Morgan fingerprint density at radius 1 is 0.905 bits per heavy atom. The first-order valence-corrected chi connectivity index (χ1v) is 23.9. The number of benzene rings is 2. The van der Waals surface area contributed by atoms with Crippen molar-refractivity contribution in [2.24, 2.45) is 31.4 Å². The number of anilines is 2. The highest BCUT2D eigenvalue weighted by Crippen LogP contribution is 2.44. The molecule has 4 aromatic rings. The van der Waals surface area contributed by atoms with Gasteiger partial charge < -0.3 is 29.2 Å². The Morgan fingerprint density at radius 2 is 1.71 bits per heavy atom. The van der Waals surface area contributed by atoms with E-state index in [9.17, 15) is 0 Å². The molecule has 11 nitrogen and oxygen atoms in total. The molecule has 0 saturated carbocycles. The molecular weight excluding hydrogens is 827 g/mol. The SMILES string of the molecule is CCC=C1CCOCCC=C2CCOCN(CC)c3cc(c(N=Nc4ccc(C)s4)cc3OC)C(C)CCC3=CC(=NC2=CC3CC)Nc2cc1c(OC)cc2N=Nc1cccs1. The number of methoxy groups -OCH3 is 2. The summed E-state index contributed by atoms with van der Waals surface area (Å²) in [5, 5.41) is 26.5. The summed E-state index contributed by atoms with van der Waals surface area (Å²) in [5.74, 6) is 2.52. The highest BCUT2D eigenvalue weighted by atomic mass is 32.1. The number of nitrogens with zero attached hydrogens (tertiary/aromatic N) is 6. The third-order valence-corrected chi connectivity index (χ3v) is 13.3. The van der Waals surface area contributed by atoms with Crippen molar-refractivity contribution < 1.29 is 18.9 Å². The van der Waals surface area contributed by atoms with Gasteiger partial charge in [-0.1, -0.05) is 44.6 Å². The van der Waals surface area contributed by atoms with Gasteiger partial charge in [0.1, 0.15) is 39.8 Å². The number of aliphatic imine (C=N–C) groups is 1. The summed E-state index contributed by atoms with van der Waals surface area (Å²) in [6.45, 7) is 13.8. The van der Waals surface area contributed by atoms with E-state index in [1.165, 1.54) is 10.5 Å². The number of azo groups is 2. The molecule has 1 N–H and O–H groups in total. The predicted molar refractivity (Wildman–Crippen MR) is 261 cm³/mol. The van der Waals surface area contributed by atoms with E-state index in [0.717, 1.165) is 117 Å². The summed E-state index contributed by atoms with van der Waals surface area (Å²) in [7, 11) is 3.43. The maximum atomic E-state index is 6.54. The first-order chi connectivity index (χ1) is 30.8. The molecule has 332 valence electrons. The van der Waals surface area contributed by atoms with Crippen molar-refractivity contribution in [1.29, 1.82) is 0 Å². The lowest BCUT2D eigenvalue weighted by molar-refractivity contribution is 0.136. The van der Waals surface area contributed by atoms with E-state index in [2.05, 4.69) is 92.5 Å². The largest absolute Gasteiger partial charge is 0.496 e. The second-order valence-corrected chi connectivity index (χ2v) is 18.1. The van der Waals surface area contributed by atoms with Crippen LogP contribution >= 0.6 is 22.7 Å². The van der Waals surface area contributed by atoms with Crippen molar-refractivity contribution in [1.82, 2.24) is 0 Å². The van der Waals surface area contributed by atoms with Gasteiger partial charge in [-0.15, -0.1) is 43.1 Å². The molecule has 3 aliphatic rings. The van der Waals surface area contributed by atoms with Crippen molar-refractivity contribution in [3.8, 4) is 11.5 Å². The van der Waals surface area contributed by atoms with Crippen molar-refractivity contribution >= 4 is 66.8 Å². The Labute approximate surface area is 381 Å². The summed E-state index contributed by atoms with van der Waals surface area (Å²) in [6, 6.07) is 16.4. The summed E-state index contributed by atoms with van der Waals surface area (Å²) >= 11 is 3.18. The van der Waals surface area contributed by atoms with Gasteiger partial charge in [-0.05, 0) is 129 Å². The fraction of sp³-hybridized carbons (Fsp3) is 0.420. The second-order valence-electron chi connectivity index (χ2n) is 15.9. The number of amidine groups is 1. The van der Waals surface area contributed by atoms with E-state index >= 15 is 0 Å². The number of hydrogen-bond donors (Lipinski definition) is 1. The van der Waals surface area contributed by atoms with Gasteiger partial charge in [-0.3, -0.25) is 0 Å². The standard InChI is InChI=1S/C50H61N7O4S2/c1-8-13-36-20-23-60-22-11-14-37-21-24-61-32-57(10-3)45-29-39(42(30-47(45)59-7)53-56-50-19-17-34(5)63-50)33(4)16-18-38-27-48(51-41(37)26-35(38)9-2)52-43-28-40(36)46(58-6)31-44(43)54-55-49-15-12-25-62-49/h12-15,17,19,25-31,33,35H,8-11,16,18,20-24,32H2,1-7H3,(H,51,52). The number of ether oxygens (including phenoxy) is 4. The minimum Gasteiger partial charge on any atom is -0.496 e. The minimum absolute atomic E-state index is 0.137. The van der Waals surface area contributed by atoms with Crippen LogP contribution in [0, 0.1) is 12.8 Å². The predicted octanol–water partition coefficient (Wildman–Crippen LogP) is 14.9. The van der Waals surface area contributed by atoms with Gasteiger partial charge in [0, 0.05) is 35.0 Å². The van der Waals surface area contributed by atoms with E-state index in [1.807, 2.05) is 35.7 Å². The molecular formula is C50H61N7O4S2. The Balaban J connectivity index is 1.35. The van der Waals surface area contributed by atoms with Crippen LogP contribution in [0.3, 0.4) is 0 Å². The lowest BCUT2D eigenvalue weighted by Crippen LogP contribution is -2.27. The quantitative estimate of drug-likeness (QED) is 0.167. The Kier molecular flexibility index (Phi) is 16.3. The third-order valence-electron chi connectivity index (χ3n) is 11.7. The van der Waals surface area contributed by atoms with Crippen LogP contribution in [0.4, 0.5) is 32.8 Å². The molecule has 7 bridgehead atoms. The fourth-order valence-corrected chi connectivity index (χ4v) is 9.42. The molecule has 3 aliphatic heterocycles. The summed E-state index contributed by atoms with van der Waals surface area (Å²) in [4.78, 5) is 8.91. The van der Waals surface area contributed by atoms with E-state index in [4.69, 9.17) is 39.3 Å². The molecule has 0 radical (unpaired) electrons. The Bertz CT molecular complexity index is 2410. The molecule has 2 aromatic carbocycles. The summed E-state index contributed by atoms with van der Waals surface area (Å²) < 4.78 is 24.9. The van der Waals surface area contributed by atoms with Crippen LogP contribution in [0.15, 0.2) is 121 Å². The van der Waals surface area contributed by atoms with E-state index in [1.54, 1.807) is 36.9 Å². The average molecular weight is 888 g/mol. The van der Waals surface area contributed by atoms with Gasteiger partial charge in [-0.25, -0.2) is 4.99 Å². The van der Waals surface area contributed by atoms with Gasteiger partial charge in [0.05, 0.1) is 56.8 Å². The maximum absolute atomic E-state index is 6.54. The normalized spacial score (nSPS) is 19.9. The highest BCUT2D eigenvalue weighted by Gasteiger charge is 2.24. The molecule has 7 rings (SSSR count). The average Bonchev–Trinajstić information content (AvgIpc) is 3.94. The molecule has 13 heteroatoms. The number of aryl methyl sites for hydroxylation is 1. The van der Waals surface area contributed by atoms with Gasteiger partial charge in [0.15, 0.2) is 0 Å². The molecule has 2 unspecified atom stereocenters. The summed E-state index contributed by atoms with van der Waals surface area (Å²) in [6.07, 6.45) is 14.9. The fourth-order valence-electron chi connectivity index (χ4n) is 8.20. The zero-order chi connectivity index (χ0) is 44.1. The smallest absolute Gasteiger partial charge is 0.144 e. The van der Waals surface area contributed by atoms with Gasteiger partial charge >= 0.3 is 0 Å². The van der Waals surface area contributed by atoms with Gasteiger partial charge in [0.25, 0.3) is 0 Å². The lowest BCUT2D eigenvalue weighted by atomic mass is 9.86. The van der Waals surface area contributed by atoms with Crippen LogP contribution in [0.2, 0.25) is 0 Å².